The van der Waals surface area contributed by atoms with Crippen LogP contribution in [-0.4, -0.2) is 187 Å². The molecule has 16 nitrogen and oxygen atoms in total. The number of aliphatic hydroxyl groups is 3. The van der Waals surface area contributed by atoms with Gasteiger partial charge >= 0.3 is 29.9 Å². The van der Waals surface area contributed by atoms with Gasteiger partial charge < -0.3 is 61.9 Å². The van der Waals surface area contributed by atoms with E-state index in [1.54, 1.807) is 26.0 Å². The summed E-state index contributed by atoms with van der Waals surface area (Å²) in [4.78, 5) is 7.03. The van der Waals surface area contributed by atoms with Crippen LogP contribution in [0.4, 0.5) is 39.5 Å². The summed E-state index contributed by atoms with van der Waals surface area (Å²) in [5.41, 5.74) is -2.87. The van der Waals surface area contributed by atoms with Crippen LogP contribution in [0, 0.1) is 42.9 Å². The van der Waals surface area contributed by atoms with Gasteiger partial charge in [0, 0.05) is 159 Å². The zero-order chi connectivity index (χ0) is 67.3. The fourth-order valence-corrected chi connectivity index (χ4v) is 9.19. The summed E-state index contributed by atoms with van der Waals surface area (Å²) in [7, 11) is 5.78. The Balaban J connectivity index is 0. The maximum Gasteiger partial charge on any atom is 0.442 e. The molecule has 91 heavy (non-hydrogen) atoms. The number of hydrogen-bond donors (Lipinski definition) is 9. The van der Waals surface area contributed by atoms with Crippen molar-refractivity contribution in [3.63, 3.8) is 0 Å². The van der Waals surface area contributed by atoms with Gasteiger partial charge in [0.2, 0.25) is 0 Å². The van der Waals surface area contributed by atoms with Gasteiger partial charge in [-0.15, -0.1) is 20.5 Å². The quantitative estimate of drug-likeness (QED) is 0.0195. The minimum absolute atomic E-state index is 0. The minimum atomic E-state index is -4.54. The van der Waals surface area contributed by atoms with E-state index in [2.05, 4.69) is 109 Å². The second-order valence-electron chi connectivity index (χ2n) is 23.1. The van der Waals surface area contributed by atoms with E-state index in [0.717, 1.165) is 123 Å². The maximum atomic E-state index is 13.4. The van der Waals surface area contributed by atoms with Crippen molar-refractivity contribution >= 4 is 0 Å². The van der Waals surface area contributed by atoms with Crippen LogP contribution >= 0.6 is 0 Å². The van der Waals surface area contributed by atoms with Gasteiger partial charge in [0.05, 0.1) is 24.2 Å². The topological polar surface area (TPSA) is 192 Å². The first kappa shape index (κ1) is 90.4. The van der Waals surface area contributed by atoms with Gasteiger partial charge in [0.15, 0.2) is 0 Å². The van der Waals surface area contributed by atoms with Crippen LogP contribution in [0.25, 0.3) is 0 Å². The summed E-state index contributed by atoms with van der Waals surface area (Å²) >= 11 is 0. The molecule has 1 radical (unpaired) electrons. The van der Waals surface area contributed by atoms with Gasteiger partial charge in [-0.3, -0.25) is 0 Å². The normalized spacial score (nSPS) is 15.0. The number of rotatable bonds is 38. The van der Waals surface area contributed by atoms with Gasteiger partial charge in [-0.25, -0.2) is 0 Å². The number of benzene rings is 3. The Morgan fingerprint density at radius 3 is 0.879 bits per heavy atom. The van der Waals surface area contributed by atoms with Crippen LogP contribution in [0.2, 0.25) is 0 Å². The van der Waals surface area contributed by atoms with E-state index in [4.69, 9.17) is 0 Å². The number of alkyl halides is 9. The standard InChI is InChI=1S/C22H38F3N3O.2C18H28F3N5O.C4H10.C2H6.U.V/c1-5-12-28(13-10-26-4)14-11-27-16-21(29)19-8-6-18(7-9-19)20(15-17(2)3)22(23,24)25;2*1-3-10-26(11-8-22-2)12-9-23-13-16(27)14-4-6-15(7-5-14)17(24-25-17)18(19,20)21;1-4(2)3;1-2;;/h6-9,17,20-21,26-27,29H,5,10-16H2,1-4H3;2*4-7,16,22-23,27H,3,8-13H2,1-2H3;4H,1-3H3;1-2H3;;. The van der Waals surface area contributed by atoms with Crippen LogP contribution in [0.1, 0.15) is 153 Å². The van der Waals surface area contributed by atoms with Crippen LogP contribution in [0.5, 0.6) is 0 Å². The van der Waals surface area contributed by atoms with Crippen LogP contribution < -0.4 is 31.9 Å². The average Bonchev–Trinajstić information content (AvgIpc) is 1.61. The molecule has 9 N–H and O–H groups in total. The Hall–Kier alpha value is -2.61. The predicted octanol–water partition coefficient (Wildman–Crippen LogP) is 11.5. The van der Waals surface area contributed by atoms with Crippen molar-refractivity contribution < 1.29 is 105 Å². The molecule has 3 aromatic carbocycles. The Morgan fingerprint density at radius 1 is 0.429 bits per heavy atom. The van der Waals surface area contributed by atoms with Crippen molar-refractivity contribution in [2.75, 3.05) is 139 Å². The number of aliphatic hydroxyl groups excluding tert-OH is 3. The smallest absolute Gasteiger partial charge is 0.387 e. The van der Waals surface area contributed by atoms with Crippen LogP contribution in [0.3, 0.4) is 0 Å². The maximum absolute atomic E-state index is 13.4. The molecule has 4 unspecified atom stereocenters. The van der Waals surface area contributed by atoms with Gasteiger partial charge in [-0.05, 0) is 101 Å². The SMILES string of the molecule is CC.CC(C)C.CCCN(CCNC)CCNCC(O)c1ccc(C(CC(C)C)C(F)(F)F)cc1.CCCN(CCNC)CCNCC(O)c1ccc(C2(C(F)(F)F)N=N2)cc1.CCCN(CCNC)CCNCC(O)c1ccc(C2(C(F)(F)F)N=N2)cc1.[U].[V]. The van der Waals surface area contributed by atoms with E-state index < -0.39 is 54.1 Å². The van der Waals surface area contributed by atoms with Crippen molar-refractivity contribution in [1.29, 1.82) is 0 Å². The fraction of sp³-hybridized carbons (Fsp3) is 0.719. The largest absolute Gasteiger partial charge is 0.442 e. The van der Waals surface area contributed by atoms with Crippen LogP contribution in [-0.2, 0) is 29.9 Å². The van der Waals surface area contributed by atoms with Crippen molar-refractivity contribution in [1.82, 2.24) is 46.6 Å². The fourth-order valence-electron chi connectivity index (χ4n) is 9.19. The van der Waals surface area contributed by atoms with Gasteiger partial charge in [-0.1, -0.05) is 142 Å². The molecule has 0 aromatic heterocycles. The Kier molecular flexibility index (Phi) is 47.8. The first-order chi connectivity index (χ1) is 42.1. The molecule has 27 heteroatoms. The van der Waals surface area contributed by atoms with Crippen molar-refractivity contribution in [2.24, 2.45) is 32.3 Å². The van der Waals surface area contributed by atoms with Crippen molar-refractivity contribution in [2.45, 2.75) is 149 Å². The molecule has 4 atom stereocenters. The first-order valence-electron chi connectivity index (χ1n) is 31.8. The van der Waals surface area contributed by atoms with E-state index >= 15 is 0 Å². The average molecular weight is 1570 g/mol. The monoisotopic (exact) mass is 1570 g/mol. The molecule has 0 amide bonds. The molecular weight excluding hydrogens is 1460 g/mol. The van der Waals surface area contributed by atoms with E-state index in [-0.39, 0.29) is 78.7 Å². The third kappa shape index (κ3) is 34.8. The molecule has 521 valence electrons. The zero-order valence-corrected chi connectivity index (χ0v) is 61.8. The third-order valence-corrected chi connectivity index (χ3v) is 14.1. The summed E-state index contributed by atoms with van der Waals surface area (Å²) in [6.07, 6.45) is -12.3. The molecule has 2 heterocycles. The van der Waals surface area contributed by atoms with E-state index in [0.29, 0.717) is 36.3 Å². The Bertz CT molecular complexity index is 2210. The molecule has 0 bridgehead atoms. The molecule has 2 aliphatic rings. The van der Waals surface area contributed by atoms with Crippen LogP contribution in [0.15, 0.2) is 93.3 Å². The Labute approximate surface area is 574 Å². The first-order valence-corrected chi connectivity index (χ1v) is 31.8. The predicted molar refractivity (Wildman–Crippen MR) is 340 cm³/mol. The molecule has 0 saturated carbocycles. The number of halogens is 9. The molecule has 0 saturated heterocycles. The summed E-state index contributed by atoms with van der Waals surface area (Å²) in [5.74, 6) is -0.676. The molecule has 0 fully saturated rings. The van der Waals surface area contributed by atoms with E-state index in [1.807, 2.05) is 35.0 Å². The molecule has 3 aromatic rings. The molecule has 0 spiro atoms. The molecular formula is C64H110F9N13O3UV. The zero-order valence-electron chi connectivity index (χ0n) is 56.3. The second kappa shape index (κ2) is 48.1. The van der Waals surface area contributed by atoms with E-state index in [9.17, 15) is 54.8 Å². The third-order valence-electron chi connectivity index (χ3n) is 14.1. The van der Waals surface area contributed by atoms with E-state index in [1.165, 1.54) is 60.7 Å². The number of hydrogen-bond acceptors (Lipinski definition) is 16. The molecule has 5 rings (SSSR count). The van der Waals surface area contributed by atoms with Gasteiger partial charge in [0.25, 0.3) is 0 Å². The number of likely N-dealkylation sites (N-methyl/N-ethyl adjacent to an activating group) is 3. The summed E-state index contributed by atoms with van der Waals surface area (Å²) < 4.78 is 118. The molecule has 2 aliphatic heterocycles. The Morgan fingerprint density at radius 2 is 0.670 bits per heavy atom. The second-order valence-corrected chi connectivity index (χ2v) is 23.1. The summed E-state index contributed by atoms with van der Waals surface area (Å²) in [6.45, 7) is 35.2. The van der Waals surface area contributed by atoms with Gasteiger partial charge in [0.1, 0.15) is 0 Å². The summed E-state index contributed by atoms with van der Waals surface area (Å²) in [6, 6.07) is 17.5. The van der Waals surface area contributed by atoms with Gasteiger partial charge in [-0.2, -0.15) is 39.5 Å². The molecule has 0 aliphatic carbocycles. The van der Waals surface area contributed by atoms with Crippen molar-refractivity contribution in [3.8, 4) is 0 Å². The summed E-state index contributed by atoms with van der Waals surface area (Å²) in [5, 5.41) is 62.6. The number of nitrogens with zero attached hydrogens (tertiary/aromatic N) is 7. The minimum Gasteiger partial charge on any atom is -0.387 e. The number of nitrogens with one attached hydrogen (secondary N) is 6. The van der Waals surface area contributed by atoms with Crippen molar-refractivity contribution in [3.05, 3.63) is 106 Å².